The fourth-order valence-corrected chi connectivity index (χ4v) is 3.70. The molecule has 2 aromatic carbocycles. The van der Waals surface area contributed by atoms with Crippen molar-refractivity contribution in [2.45, 2.75) is 6.54 Å². The number of hydrogen-bond acceptors (Lipinski definition) is 4. The smallest absolute Gasteiger partial charge is 0.244 e. The van der Waals surface area contributed by atoms with Crippen LogP contribution < -0.4 is 10.7 Å². The number of carbonyl (C=O) groups is 2. The number of rotatable bonds is 5. The molecule has 2 aromatic heterocycles. The summed E-state index contributed by atoms with van der Waals surface area (Å²) >= 11 is 9.25. The second-order valence-corrected chi connectivity index (χ2v) is 8.13. The van der Waals surface area contributed by atoms with Gasteiger partial charge in [-0.25, -0.2) is 0 Å². The SMILES string of the molecule is O=C(Cn1cc(C(=O)c2ccncc2)c(=O)c2cc(Br)ccc21)Nc1ccc(Cl)cc1. The molecule has 0 unspecified atom stereocenters. The van der Waals surface area contributed by atoms with Crippen molar-refractivity contribution < 1.29 is 9.59 Å². The van der Waals surface area contributed by atoms with Crippen LogP contribution in [-0.4, -0.2) is 21.2 Å². The Balaban J connectivity index is 1.76. The van der Waals surface area contributed by atoms with Gasteiger partial charge in [-0.1, -0.05) is 27.5 Å². The molecule has 0 aliphatic heterocycles. The number of nitrogens with one attached hydrogen (secondary N) is 1. The molecule has 0 radical (unpaired) electrons. The van der Waals surface area contributed by atoms with Crippen LogP contribution in [0, 0.1) is 0 Å². The van der Waals surface area contributed by atoms with E-state index in [4.69, 9.17) is 11.6 Å². The number of carbonyl (C=O) groups excluding carboxylic acids is 2. The van der Waals surface area contributed by atoms with Crippen LogP contribution in [0.15, 0.2) is 82.5 Å². The molecule has 0 saturated carbocycles. The number of benzene rings is 2. The number of fused-ring (bicyclic) bond motifs is 1. The molecule has 1 amide bonds. The van der Waals surface area contributed by atoms with Crippen molar-refractivity contribution in [3.8, 4) is 0 Å². The number of halogens is 2. The Labute approximate surface area is 190 Å². The summed E-state index contributed by atoms with van der Waals surface area (Å²) in [5, 5.41) is 3.70. The average Bonchev–Trinajstić information content (AvgIpc) is 2.77. The van der Waals surface area contributed by atoms with Crippen molar-refractivity contribution in [2.24, 2.45) is 0 Å². The van der Waals surface area contributed by atoms with E-state index in [2.05, 4.69) is 26.2 Å². The molecule has 31 heavy (non-hydrogen) atoms. The average molecular weight is 497 g/mol. The Bertz CT molecular complexity index is 1350. The van der Waals surface area contributed by atoms with E-state index in [-0.39, 0.29) is 18.0 Å². The Hall–Kier alpha value is -3.29. The zero-order chi connectivity index (χ0) is 22.0. The fraction of sp³-hybridized carbons (Fsp3) is 0.0435. The normalized spacial score (nSPS) is 10.8. The summed E-state index contributed by atoms with van der Waals surface area (Å²) in [6.45, 7) is -0.0857. The molecule has 4 rings (SSSR count). The van der Waals surface area contributed by atoms with Crippen LogP contribution in [0.1, 0.15) is 15.9 Å². The van der Waals surface area contributed by atoms with Gasteiger partial charge < -0.3 is 9.88 Å². The second kappa shape index (κ2) is 8.83. The van der Waals surface area contributed by atoms with Crippen molar-refractivity contribution in [2.75, 3.05) is 5.32 Å². The van der Waals surface area contributed by atoms with Gasteiger partial charge >= 0.3 is 0 Å². The zero-order valence-electron chi connectivity index (χ0n) is 16.0. The van der Waals surface area contributed by atoms with Gasteiger partial charge in [0.2, 0.25) is 11.3 Å². The predicted molar refractivity (Wildman–Crippen MR) is 124 cm³/mol. The maximum atomic E-state index is 13.1. The van der Waals surface area contributed by atoms with E-state index in [9.17, 15) is 14.4 Å². The standard InChI is InChI=1S/C23H15BrClN3O3/c24-15-1-6-20-18(11-15)23(31)19(22(30)14-7-9-26-10-8-14)12-28(20)13-21(29)27-17-4-2-16(25)3-5-17/h1-12H,13H2,(H,27,29). The van der Waals surface area contributed by atoms with Crippen LogP contribution in [0.3, 0.4) is 0 Å². The summed E-state index contributed by atoms with van der Waals surface area (Å²) < 4.78 is 2.30. The van der Waals surface area contributed by atoms with Crippen LogP contribution in [-0.2, 0) is 11.3 Å². The summed E-state index contributed by atoms with van der Waals surface area (Å²) in [5.74, 6) is -0.737. The summed E-state index contributed by atoms with van der Waals surface area (Å²) in [6, 6.07) is 15.0. The van der Waals surface area contributed by atoms with Gasteiger partial charge in [-0.05, 0) is 54.6 Å². The first kappa shape index (κ1) is 21.0. The molecular weight excluding hydrogens is 482 g/mol. The molecule has 0 saturated heterocycles. The minimum atomic E-state index is -0.430. The first-order chi connectivity index (χ1) is 14.9. The molecule has 6 nitrogen and oxygen atoms in total. The highest BCUT2D eigenvalue weighted by Crippen LogP contribution is 2.20. The molecule has 0 atom stereocenters. The maximum Gasteiger partial charge on any atom is 0.244 e. The number of ketones is 1. The van der Waals surface area contributed by atoms with Gasteiger partial charge in [0.25, 0.3) is 0 Å². The van der Waals surface area contributed by atoms with Gasteiger partial charge in [0.05, 0.1) is 11.1 Å². The predicted octanol–water partition coefficient (Wildman–Crippen LogP) is 4.68. The molecule has 0 aliphatic rings. The molecule has 154 valence electrons. The van der Waals surface area contributed by atoms with E-state index in [1.54, 1.807) is 59.2 Å². The molecule has 0 spiro atoms. The van der Waals surface area contributed by atoms with E-state index in [0.29, 0.717) is 31.6 Å². The number of aromatic nitrogens is 2. The number of hydrogen-bond donors (Lipinski definition) is 1. The quantitative estimate of drug-likeness (QED) is 0.407. The monoisotopic (exact) mass is 495 g/mol. The third-order valence-electron chi connectivity index (χ3n) is 4.67. The highest BCUT2D eigenvalue weighted by Gasteiger charge is 2.18. The second-order valence-electron chi connectivity index (χ2n) is 6.78. The van der Waals surface area contributed by atoms with E-state index in [1.165, 1.54) is 18.6 Å². The van der Waals surface area contributed by atoms with Crippen LogP contribution >= 0.6 is 27.5 Å². The van der Waals surface area contributed by atoms with E-state index >= 15 is 0 Å². The lowest BCUT2D eigenvalue weighted by atomic mass is 10.0. The zero-order valence-corrected chi connectivity index (χ0v) is 18.4. The first-order valence-electron chi connectivity index (χ1n) is 9.25. The third-order valence-corrected chi connectivity index (χ3v) is 5.42. The first-order valence-corrected chi connectivity index (χ1v) is 10.4. The number of pyridine rings is 2. The van der Waals surface area contributed by atoms with Gasteiger partial charge in [-0.15, -0.1) is 0 Å². The fourth-order valence-electron chi connectivity index (χ4n) is 3.21. The number of amides is 1. The van der Waals surface area contributed by atoms with E-state index in [1.807, 2.05) is 0 Å². The Kier molecular flexibility index (Phi) is 5.97. The van der Waals surface area contributed by atoms with Gasteiger partial charge in [0, 0.05) is 44.7 Å². The van der Waals surface area contributed by atoms with Crippen LogP contribution in [0.5, 0.6) is 0 Å². The summed E-state index contributed by atoms with van der Waals surface area (Å²) in [4.78, 5) is 42.6. The van der Waals surface area contributed by atoms with Gasteiger partial charge in [0.15, 0.2) is 5.78 Å². The molecule has 2 heterocycles. The van der Waals surface area contributed by atoms with Gasteiger partial charge in [0.1, 0.15) is 6.54 Å². The molecule has 1 N–H and O–H groups in total. The number of nitrogens with zero attached hydrogens (tertiary/aromatic N) is 2. The molecule has 0 aliphatic carbocycles. The third kappa shape index (κ3) is 4.57. The molecular formula is C23H15BrClN3O3. The Morgan fingerprint density at radius 2 is 1.74 bits per heavy atom. The van der Waals surface area contributed by atoms with Crippen LogP contribution in [0.25, 0.3) is 10.9 Å². The van der Waals surface area contributed by atoms with Crippen LogP contribution in [0.2, 0.25) is 5.02 Å². The molecule has 0 bridgehead atoms. The van der Waals surface area contributed by atoms with E-state index in [0.717, 1.165) is 0 Å². The van der Waals surface area contributed by atoms with E-state index < -0.39 is 11.2 Å². The summed E-state index contributed by atoms with van der Waals surface area (Å²) in [6.07, 6.45) is 4.41. The summed E-state index contributed by atoms with van der Waals surface area (Å²) in [5.41, 5.74) is 1.07. The van der Waals surface area contributed by atoms with Crippen LogP contribution in [0.4, 0.5) is 5.69 Å². The van der Waals surface area contributed by atoms with Crippen molar-refractivity contribution in [1.82, 2.24) is 9.55 Å². The Morgan fingerprint density at radius 1 is 1.03 bits per heavy atom. The topological polar surface area (TPSA) is 81.1 Å². The highest BCUT2D eigenvalue weighted by molar-refractivity contribution is 9.10. The van der Waals surface area contributed by atoms with Crippen molar-refractivity contribution in [3.63, 3.8) is 0 Å². The minimum absolute atomic E-state index is 0.0175. The van der Waals surface area contributed by atoms with Gasteiger partial charge in [-0.2, -0.15) is 0 Å². The summed E-state index contributed by atoms with van der Waals surface area (Å²) in [7, 11) is 0. The highest BCUT2D eigenvalue weighted by atomic mass is 79.9. The van der Waals surface area contributed by atoms with Crippen molar-refractivity contribution in [1.29, 1.82) is 0 Å². The lowest BCUT2D eigenvalue weighted by molar-refractivity contribution is -0.116. The van der Waals surface area contributed by atoms with Crippen molar-refractivity contribution >= 4 is 55.8 Å². The Morgan fingerprint density at radius 3 is 2.45 bits per heavy atom. The number of anilines is 1. The van der Waals surface area contributed by atoms with Gasteiger partial charge in [-0.3, -0.25) is 19.4 Å². The molecule has 8 heteroatoms. The molecule has 4 aromatic rings. The lowest BCUT2D eigenvalue weighted by Crippen LogP contribution is -2.24. The largest absolute Gasteiger partial charge is 0.337 e. The molecule has 0 fully saturated rings. The lowest BCUT2D eigenvalue weighted by Gasteiger charge is -2.14. The van der Waals surface area contributed by atoms with Crippen molar-refractivity contribution in [3.05, 3.63) is 104 Å². The maximum absolute atomic E-state index is 13.1. The minimum Gasteiger partial charge on any atom is -0.337 e.